The number of amides is 2. The number of rotatable bonds is 6. The predicted molar refractivity (Wildman–Crippen MR) is 117 cm³/mol. The molecule has 1 fully saturated rings. The van der Waals surface area contributed by atoms with Crippen LogP contribution in [-0.4, -0.2) is 37.6 Å². The Morgan fingerprint density at radius 2 is 1.77 bits per heavy atom. The van der Waals surface area contributed by atoms with E-state index in [1.807, 2.05) is 0 Å². The number of piperidine rings is 1. The van der Waals surface area contributed by atoms with Crippen molar-refractivity contribution in [1.29, 1.82) is 0 Å². The number of halogens is 2. The third-order valence-electron chi connectivity index (χ3n) is 5.02. The van der Waals surface area contributed by atoms with Crippen LogP contribution in [0, 0.1) is 5.92 Å². The summed E-state index contributed by atoms with van der Waals surface area (Å²) in [6, 6.07) is 11.2. The van der Waals surface area contributed by atoms with Gasteiger partial charge in [-0.25, -0.2) is 12.7 Å². The molecule has 1 heterocycles. The van der Waals surface area contributed by atoms with Gasteiger partial charge in [0.1, 0.15) is 0 Å². The van der Waals surface area contributed by atoms with E-state index in [0.717, 1.165) is 0 Å². The first-order valence-corrected chi connectivity index (χ1v) is 11.7. The molecule has 0 saturated carbocycles. The van der Waals surface area contributed by atoms with Crippen molar-refractivity contribution in [1.82, 2.24) is 4.31 Å². The lowest BCUT2D eigenvalue weighted by Gasteiger charge is -2.30. The van der Waals surface area contributed by atoms with Crippen LogP contribution in [0.15, 0.2) is 42.5 Å². The van der Waals surface area contributed by atoms with Gasteiger partial charge in [-0.3, -0.25) is 9.59 Å². The second-order valence-electron chi connectivity index (χ2n) is 7.06. The summed E-state index contributed by atoms with van der Waals surface area (Å²) in [6.07, 6.45) is 0.746. The highest BCUT2D eigenvalue weighted by molar-refractivity contribution is 7.88. The van der Waals surface area contributed by atoms with Gasteiger partial charge in [-0.15, -0.1) is 0 Å². The maximum Gasteiger partial charge on any atom is 0.250 e. The van der Waals surface area contributed by atoms with Gasteiger partial charge >= 0.3 is 0 Å². The Bertz CT molecular complexity index is 1070. The smallest absolute Gasteiger partial charge is 0.250 e. The Kier molecular flexibility index (Phi) is 7.02. The molecule has 0 atom stereocenters. The number of carbonyl (C=O) groups is 2. The first-order chi connectivity index (χ1) is 14.2. The van der Waals surface area contributed by atoms with Crippen LogP contribution in [0.4, 0.5) is 5.69 Å². The summed E-state index contributed by atoms with van der Waals surface area (Å²) < 4.78 is 26.9. The largest absolute Gasteiger partial charge is 0.366 e. The minimum absolute atomic E-state index is 0.225. The van der Waals surface area contributed by atoms with E-state index in [1.165, 1.54) is 16.4 Å². The summed E-state index contributed by atoms with van der Waals surface area (Å²) in [7, 11) is -3.58. The quantitative estimate of drug-likeness (QED) is 0.675. The van der Waals surface area contributed by atoms with Gasteiger partial charge in [-0.05, 0) is 42.7 Å². The maximum absolute atomic E-state index is 12.8. The zero-order valence-corrected chi connectivity index (χ0v) is 18.3. The minimum Gasteiger partial charge on any atom is -0.366 e. The Balaban J connectivity index is 1.61. The number of para-hydroxylation sites is 1. The first kappa shape index (κ1) is 22.6. The molecule has 2 aromatic rings. The lowest BCUT2D eigenvalue weighted by Crippen LogP contribution is -2.42. The van der Waals surface area contributed by atoms with Crippen molar-refractivity contribution in [2.24, 2.45) is 11.7 Å². The van der Waals surface area contributed by atoms with Crippen LogP contribution in [0.5, 0.6) is 0 Å². The average Bonchev–Trinajstić information content (AvgIpc) is 2.70. The van der Waals surface area contributed by atoms with E-state index in [-0.39, 0.29) is 36.2 Å². The van der Waals surface area contributed by atoms with Crippen molar-refractivity contribution in [2.75, 3.05) is 18.4 Å². The number of hydrogen-bond donors (Lipinski definition) is 2. The highest BCUT2D eigenvalue weighted by atomic mass is 35.5. The number of carbonyl (C=O) groups excluding carboxylic acids is 2. The molecule has 0 aliphatic carbocycles. The van der Waals surface area contributed by atoms with Gasteiger partial charge in [-0.2, -0.15) is 0 Å². The molecule has 7 nitrogen and oxygen atoms in total. The second-order valence-corrected chi connectivity index (χ2v) is 9.88. The molecular weight excluding hydrogens is 449 g/mol. The molecular formula is C20H21Cl2N3O4S. The van der Waals surface area contributed by atoms with Crippen LogP contribution in [0.3, 0.4) is 0 Å². The molecule has 0 radical (unpaired) electrons. The molecule has 30 heavy (non-hydrogen) atoms. The Morgan fingerprint density at radius 1 is 1.10 bits per heavy atom. The third-order valence-corrected chi connectivity index (χ3v) is 7.44. The number of benzene rings is 2. The molecule has 0 bridgehead atoms. The van der Waals surface area contributed by atoms with E-state index in [0.29, 0.717) is 34.1 Å². The van der Waals surface area contributed by atoms with Gasteiger partial charge in [0.25, 0.3) is 5.91 Å². The lowest BCUT2D eigenvalue weighted by atomic mass is 9.97. The summed E-state index contributed by atoms with van der Waals surface area (Å²) in [5.74, 6) is -1.49. The third kappa shape index (κ3) is 5.31. The SMILES string of the molecule is NC(=O)c1ccccc1NC(=O)C1CCN(S(=O)(=O)Cc2ccc(Cl)cc2Cl)CC1. The fourth-order valence-electron chi connectivity index (χ4n) is 3.36. The fraction of sp³-hybridized carbons (Fsp3) is 0.300. The monoisotopic (exact) mass is 469 g/mol. The second kappa shape index (κ2) is 9.34. The number of sulfonamides is 1. The van der Waals surface area contributed by atoms with Crippen molar-refractivity contribution < 1.29 is 18.0 Å². The molecule has 2 amide bonds. The number of nitrogens with one attached hydrogen (secondary N) is 1. The first-order valence-electron chi connectivity index (χ1n) is 9.29. The highest BCUT2D eigenvalue weighted by Gasteiger charge is 2.31. The molecule has 1 aliphatic heterocycles. The van der Waals surface area contributed by atoms with E-state index in [2.05, 4.69) is 5.32 Å². The summed E-state index contributed by atoms with van der Waals surface area (Å²) in [4.78, 5) is 24.1. The molecule has 2 aromatic carbocycles. The molecule has 160 valence electrons. The zero-order valence-electron chi connectivity index (χ0n) is 16.0. The normalized spacial score (nSPS) is 15.7. The van der Waals surface area contributed by atoms with Gasteiger partial charge < -0.3 is 11.1 Å². The number of nitrogens with zero attached hydrogens (tertiary/aromatic N) is 1. The summed E-state index contributed by atoms with van der Waals surface area (Å²) in [5.41, 5.74) is 6.39. The number of hydrogen-bond acceptors (Lipinski definition) is 4. The molecule has 1 aliphatic rings. The molecule has 1 saturated heterocycles. The van der Waals surface area contributed by atoms with Crippen LogP contribution in [0.2, 0.25) is 10.0 Å². The number of primary amides is 1. The standard InChI is InChI=1S/C20H21Cl2N3O4S/c21-15-6-5-14(17(22)11-15)12-30(28,29)25-9-7-13(8-10-25)20(27)24-18-4-2-1-3-16(18)19(23)26/h1-6,11,13H,7-10,12H2,(H2,23,26)(H,24,27). The fourth-order valence-corrected chi connectivity index (χ4v) is 5.51. The maximum atomic E-state index is 12.8. The van der Waals surface area contributed by atoms with Gasteiger partial charge in [0, 0.05) is 29.1 Å². The molecule has 0 aromatic heterocycles. The Labute approximate surface area is 185 Å². The zero-order chi connectivity index (χ0) is 21.9. The number of anilines is 1. The van der Waals surface area contributed by atoms with Gasteiger partial charge in [0.05, 0.1) is 17.0 Å². The Morgan fingerprint density at radius 3 is 2.40 bits per heavy atom. The van der Waals surface area contributed by atoms with Crippen molar-refractivity contribution in [3.05, 3.63) is 63.6 Å². The predicted octanol–water partition coefficient (Wildman–Crippen LogP) is 3.27. The van der Waals surface area contributed by atoms with Crippen LogP contribution in [0.25, 0.3) is 0 Å². The summed E-state index contributed by atoms with van der Waals surface area (Å²) >= 11 is 12.0. The molecule has 10 heteroatoms. The van der Waals surface area contributed by atoms with E-state index in [1.54, 1.807) is 30.3 Å². The van der Waals surface area contributed by atoms with Gasteiger partial charge in [-0.1, -0.05) is 41.4 Å². The van der Waals surface area contributed by atoms with E-state index in [4.69, 9.17) is 28.9 Å². The van der Waals surface area contributed by atoms with Crippen LogP contribution in [0.1, 0.15) is 28.8 Å². The van der Waals surface area contributed by atoms with Crippen LogP contribution in [-0.2, 0) is 20.6 Å². The van der Waals surface area contributed by atoms with Crippen LogP contribution >= 0.6 is 23.2 Å². The Hall–Kier alpha value is -2.13. The molecule has 3 N–H and O–H groups in total. The minimum atomic E-state index is -3.58. The van der Waals surface area contributed by atoms with E-state index in [9.17, 15) is 18.0 Å². The molecule has 0 spiro atoms. The van der Waals surface area contributed by atoms with E-state index >= 15 is 0 Å². The highest BCUT2D eigenvalue weighted by Crippen LogP contribution is 2.27. The van der Waals surface area contributed by atoms with Crippen molar-refractivity contribution >= 4 is 50.7 Å². The topological polar surface area (TPSA) is 110 Å². The average molecular weight is 470 g/mol. The van der Waals surface area contributed by atoms with Crippen molar-refractivity contribution in [2.45, 2.75) is 18.6 Å². The summed E-state index contributed by atoms with van der Waals surface area (Å²) in [5, 5.41) is 3.47. The van der Waals surface area contributed by atoms with Gasteiger partial charge in [0.2, 0.25) is 15.9 Å². The molecule has 0 unspecified atom stereocenters. The summed E-state index contributed by atoms with van der Waals surface area (Å²) in [6.45, 7) is 0.451. The van der Waals surface area contributed by atoms with E-state index < -0.39 is 15.9 Å². The molecule has 3 rings (SSSR count). The van der Waals surface area contributed by atoms with Crippen molar-refractivity contribution in [3.8, 4) is 0 Å². The van der Waals surface area contributed by atoms with Crippen LogP contribution < -0.4 is 11.1 Å². The lowest BCUT2D eigenvalue weighted by molar-refractivity contribution is -0.120. The number of nitrogens with two attached hydrogens (primary N) is 1. The van der Waals surface area contributed by atoms with Crippen molar-refractivity contribution in [3.63, 3.8) is 0 Å². The van der Waals surface area contributed by atoms with Gasteiger partial charge in [0.15, 0.2) is 0 Å².